The summed E-state index contributed by atoms with van der Waals surface area (Å²) in [7, 11) is 0. The second-order valence-electron chi connectivity index (χ2n) is 2.26. The molecule has 0 amide bonds. The topological polar surface area (TPSA) is 30.0 Å². The van der Waals surface area contributed by atoms with Crippen molar-refractivity contribution in [3.63, 3.8) is 0 Å². The predicted octanol–water partition coefficient (Wildman–Crippen LogP) is 2.60. The molecule has 0 aromatic carbocycles. The van der Waals surface area contributed by atoms with E-state index in [1.54, 1.807) is 24.5 Å². The van der Waals surface area contributed by atoms with Gasteiger partial charge in [0.05, 0.1) is 0 Å². The van der Waals surface area contributed by atoms with Crippen LogP contribution in [0, 0.1) is 0 Å². The summed E-state index contributed by atoms with van der Waals surface area (Å²) in [6.45, 7) is 1.81. The molecular formula is C9H8BrNO. The van der Waals surface area contributed by atoms with Gasteiger partial charge in [0, 0.05) is 22.4 Å². The molecule has 0 atom stereocenters. The molecule has 0 N–H and O–H groups in total. The molecular weight excluding hydrogens is 218 g/mol. The Hall–Kier alpha value is -0.960. The number of hydrogen-bond donors (Lipinski definition) is 0. The number of halogens is 1. The number of carbonyl (C=O) groups is 1. The standard InChI is InChI=1S/C9H8BrNO/c1-2-3-9(12)7-4-8(10)6-11-5-7/h2-6H,1H3/b3-2+. The van der Waals surface area contributed by atoms with Gasteiger partial charge in [0.15, 0.2) is 5.78 Å². The number of aromatic nitrogens is 1. The average molecular weight is 226 g/mol. The van der Waals surface area contributed by atoms with E-state index in [0.29, 0.717) is 5.56 Å². The molecule has 3 heteroatoms. The first-order valence-electron chi connectivity index (χ1n) is 3.51. The van der Waals surface area contributed by atoms with E-state index in [2.05, 4.69) is 20.9 Å². The number of nitrogens with zero attached hydrogens (tertiary/aromatic N) is 1. The summed E-state index contributed by atoms with van der Waals surface area (Å²) in [5.41, 5.74) is 0.600. The van der Waals surface area contributed by atoms with Gasteiger partial charge in [-0.3, -0.25) is 9.78 Å². The van der Waals surface area contributed by atoms with Crippen molar-refractivity contribution in [2.45, 2.75) is 6.92 Å². The Balaban J connectivity index is 2.96. The fraction of sp³-hybridized carbons (Fsp3) is 0.111. The van der Waals surface area contributed by atoms with Gasteiger partial charge in [-0.05, 0) is 35.0 Å². The van der Waals surface area contributed by atoms with Crippen molar-refractivity contribution in [3.05, 3.63) is 40.6 Å². The Morgan fingerprint density at radius 1 is 1.58 bits per heavy atom. The number of ketones is 1. The van der Waals surface area contributed by atoms with E-state index in [4.69, 9.17) is 0 Å². The lowest BCUT2D eigenvalue weighted by molar-refractivity contribution is 0.104. The molecule has 1 aromatic rings. The molecule has 0 aliphatic heterocycles. The molecule has 0 unspecified atom stereocenters. The Bertz CT molecular complexity index is 320. The van der Waals surface area contributed by atoms with Crippen molar-refractivity contribution < 1.29 is 4.79 Å². The molecule has 2 nitrogen and oxygen atoms in total. The van der Waals surface area contributed by atoms with E-state index in [-0.39, 0.29) is 5.78 Å². The molecule has 0 aliphatic carbocycles. The molecule has 62 valence electrons. The van der Waals surface area contributed by atoms with E-state index in [1.165, 1.54) is 6.08 Å². The zero-order valence-electron chi connectivity index (χ0n) is 6.62. The summed E-state index contributed by atoms with van der Waals surface area (Å²) in [5, 5.41) is 0. The third-order valence-electron chi connectivity index (χ3n) is 1.31. The fourth-order valence-corrected chi connectivity index (χ4v) is 1.16. The Labute approximate surface area is 79.5 Å². The fourth-order valence-electron chi connectivity index (χ4n) is 0.794. The van der Waals surface area contributed by atoms with Crippen LogP contribution >= 0.6 is 15.9 Å². The molecule has 0 bridgehead atoms. The van der Waals surface area contributed by atoms with Crippen LogP contribution < -0.4 is 0 Å². The largest absolute Gasteiger partial charge is 0.289 e. The van der Waals surface area contributed by atoms with Crippen LogP contribution in [0.2, 0.25) is 0 Å². The third-order valence-corrected chi connectivity index (χ3v) is 1.74. The van der Waals surface area contributed by atoms with Gasteiger partial charge in [-0.1, -0.05) is 6.08 Å². The van der Waals surface area contributed by atoms with Gasteiger partial charge < -0.3 is 0 Å². The van der Waals surface area contributed by atoms with Gasteiger partial charge in [0.1, 0.15) is 0 Å². The third kappa shape index (κ3) is 2.27. The quantitative estimate of drug-likeness (QED) is 0.573. The van der Waals surface area contributed by atoms with Gasteiger partial charge in [0.2, 0.25) is 0 Å². The molecule has 0 spiro atoms. The zero-order valence-corrected chi connectivity index (χ0v) is 8.21. The number of pyridine rings is 1. The normalized spacial score (nSPS) is 10.5. The Morgan fingerprint density at radius 2 is 2.33 bits per heavy atom. The molecule has 12 heavy (non-hydrogen) atoms. The highest BCUT2D eigenvalue weighted by Crippen LogP contribution is 2.10. The first kappa shape index (κ1) is 9.13. The Morgan fingerprint density at radius 3 is 2.92 bits per heavy atom. The van der Waals surface area contributed by atoms with E-state index in [1.807, 2.05) is 6.92 Å². The van der Waals surface area contributed by atoms with Crippen molar-refractivity contribution in [1.29, 1.82) is 0 Å². The summed E-state index contributed by atoms with van der Waals surface area (Å²) in [4.78, 5) is 15.1. The molecule has 1 rings (SSSR count). The molecule has 0 saturated heterocycles. The smallest absolute Gasteiger partial charge is 0.187 e. The van der Waals surface area contributed by atoms with Crippen LogP contribution in [0.15, 0.2) is 35.1 Å². The minimum absolute atomic E-state index is 0.0219. The summed E-state index contributed by atoms with van der Waals surface area (Å²) >= 11 is 3.24. The number of hydrogen-bond acceptors (Lipinski definition) is 2. The van der Waals surface area contributed by atoms with Gasteiger partial charge in [0.25, 0.3) is 0 Å². The second kappa shape index (κ2) is 4.16. The maximum Gasteiger partial charge on any atom is 0.187 e. The van der Waals surface area contributed by atoms with Crippen LogP contribution in [0.1, 0.15) is 17.3 Å². The van der Waals surface area contributed by atoms with Crippen LogP contribution in [-0.4, -0.2) is 10.8 Å². The van der Waals surface area contributed by atoms with Crippen LogP contribution in [0.4, 0.5) is 0 Å². The van der Waals surface area contributed by atoms with E-state index < -0.39 is 0 Å². The molecule has 0 saturated carbocycles. The molecule has 0 aliphatic rings. The second-order valence-corrected chi connectivity index (χ2v) is 3.17. The monoisotopic (exact) mass is 225 g/mol. The van der Waals surface area contributed by atoms with Crippen LogP contribution in [0.5, 0.6) is 0 Å². The summed E-state index contributed by atoms with van der Waals surface area (Å²) in [6.07, 6.45) is 6.42. The highest BCUT2D eigenvalue weighted by molar-refractivity contribution is 9.10. The lowest BCUT2D eigenvalue weighted by atomic mass is 10.2. The minimum Gasteiger partial charge on any atom is -0.289 e. The highest BCUT2D eigenvalue weighted by atomic mass is 79.9. The number of carbonyl (C=O) groups excluding carboxylic acids is 1. The summed E-state index contributed by atoms with van der Waals surface area (Å²) in [5.74, 6) is -0.0219. The van der Waals surface area contributed by atoms with Crippen LogP contribution in [0.25, 0.3) is 0 Å². The van der Waals surface area contributed by atoms with Crippen LogP contribution in [-0.2, 0) is 0 Å². The maximum atomic E-state index is 11.2. The maximum absolute atomic E-state index is 11.2. The molecule has 1 heterocycles. The van der Waals surface area contributed by atoms with Crippen molar-refractivity contribution >= 4 is 21.7 Å². The SMILES string of the molecule is C/C=C/C(=O)c1cncc(Br)c1. The van der Waals surface area contributed by atoms with Crippen molar-refractivity contribution in [3.8, 4) is 0 Å². The van der Waals surface area contributed by atoms with E-state index in [9.17, 15) is 4.79 Å². The lowest BCUT2D eigenvalue weighted by Gasteiger charge is -1.94. The zero-order chi connectivity index (χ0) is 8.97. The summed E-state index contributed by atoms with van der Waals surface area (Å²) in [6, 6.07) is 1.75. The minimum atomic E-state index is -0.0219. The predicted molar refractivity (Wildman–Crippen MR) is 51.1 cm³/mol. The average Bonchev–Trinajstić information content (AvgIpc) is 2.05. The number of rotatable bonds is 2. The van der Waals surface area contributed by atoms with Gasteiger partial charge in [-0.2, -0.15) is 0 Å². The molecule has 0 fully saturated rings. The number of allylic oxidation sites excluding steroid dienone is 2. The lowest BCUT2D eigenvalue weighted by Crippen LogP contribution is -1.94. The van der Waals surface area contributed by atoms with Crippen molar-refractivity contribution in [1.82, 2.24) is 4.98 Å². The van der Waals surface area contributed by atoms with Crippen molar-refractivity contribution in [2.24, 2.45) is 0 Å². The van der Waals surface area contributed by atoms with Crippen molar-refractivity contribution in [2.75, 3.05) is 0 Å². The molecule has 1 aromatic heterocycles. The van der Waals surface area contributed by atoms with Gasteiger partial charge >= 0.3 is 0 Å². The van der Waals surface area contributed by atoms with Gasteiger partial charge in [-0.25, -0.2) is 0 Å². The first-order valence-corrected chi connectivity index (χ1v) is 4.31. The molecule has 0 radical (unpaired) electrons. The highest BCUT2D eigenvalue weighted by Gasteiger charge is 2.00. The Kier molecular flexibility index (Phi) is 3.17. The van der Waals surface area contributed by atoms with Crippen LogP contribution in [0.3, 0.4) is 0 Å². The van der Waals surface area contributed by atoms with Gasteiger partial charge in [-0.15, -0.1) is 0 Å². The summed E-state index contributed by atoms with van der Waals surface area (Å²) < 4.78 is 0.817. The van der Waals surface area contributed by atoms with E-state index in [0.717, 1.165) is 4.47 Å². The van der Waals surface area contributed by atoms with E-state index >= 15 is 0 Å². The first-order chi connectivity index (χ1) is 5.74.